The van der Waals surface area contributed by atoms with Gasteiger partial charge >= 0.3 is 6.03 Å². The summed E-state index contributed by atoms with van der Waals surface area (Å²) in [6, 6.07) is 18.3. The van der Waals surface area contributed by atoms with Crippen LogP contribution < -0.4 is 15.4 Å². The van der Waals surface area contributed by atoms with Crippen molar-refractivity contribution in [2.45, 2.75) is 37.6 Å². The molecule has 32 heavy (non-hydrogen) atoms. The number of carbonyl (C=O) groups excluding carboxylic acids is 1. The van der Waals surface area contributed by atoms with Crippen molar-refractivity contribution in [3.05, 3.63) is 66.4 Å². The van der Waals surface area contributed by atoms with Crippen LogP contribution in [0.3, 0.4) is 0 Å². The molecule has 8 heteroatoms. The summed E-state index contributed by atoms with van der Waals surface area (Å²) in [6.45, 7) is 0.215. The topological polar surface area (TPSA) is 106 Å². The maximum Gasteiger partial charge on any atom is 0.319 e. The summed E-state index contributed by atoms with van der Waals surface area (Å²) in [7, 11) is 1.63. The smallest absolute Gasteiger partial charge is 0.319 e. The first kappa shape index (κ1) is 21.9. The normalized spacial score (nSPS) is 20.5. The molecule has 2 amide bonds. The SMILES string of the molecule is COc1ccc(-c2cc(CC3CCC(O)C(CNC(=O)Nc4ccccc4)O3)no2)cc1. The average molecular weight is 437 g/mol. The highest BCUT2D eigenvalue weighted by Gasteiger charge is 2.31. The summed E-state index contributed by atoms with van der Waals surface area (Å²) in [5, 5.41) is 20.0. The summed E-state index contributed by atoms with van der Waals surface area (Å²) in [4.78, 5) is 12.1. The van der Waals surface area contributed by atoms with Gasteiger partial charge in [-0.05, 0) is 49.2 Å². The average Bonchev–Trinajstić information content (AvgIpc) is 3.28. The van der Waals surface area contributed by atoms with Crippen molar-refractivity contribution >= 4 is 11.7 Å². The Balaban J connectivity index is 1.29. The molecule has 0 bridgehead atoms. The van der Waals surface area contributed by atoms with E-state index >= 15 is 0 Å². The van der Waals surface area contributed by atoms with E-state index in [2.05, 4.69) is 15.8 Å². The molecule has 0 saturated carbocycles. The molecule has 0 radical (unpaired) electrons. The van der Waals surface area contributed by atoms with Crippen LogP contribution in [-0.2, 0) is 11.2 Å². The summed E-state index contributed by atoms with van der Waals surface area (Å²) >= 11 is 0. The van der Waals surface area contributed by atoms with Gasteiger partial charge in [0.2, 0.25) is 0 Å². The number of rotatable bonds is 7. The van der Waals surface area contributed by atoms with Crippen LogP contribution in [0.2, 0.25) is 0 Å². The first-order valence-electron chi connectivity index (χ1n) is 10.6. The highest BCUT2D eigenvalue weighted by atomic mass is 16.5. The Morgan fingerprint density at radius 3 is 2.69 bits per heavy atom. The van der Waals surface area contributed by atoms with E-state index in [0.717, 1.165) is 17.0 Å². The molecule has 1 fully saturated rings. The number of anilines is 1. The van der Waals surface area contributed by atoms with E-state index in [-0.39, 0.29) is 18.7 Å². The molecule has 3 aromatic rings. The molecular weight excluding hydrogens is 410 g/mol. The molecule has 8 nitrogen and oxygen atoms in total. The van der Waals surface area contributed by atoms with Crippen molar-refractivity contribution in [3.8, 4) is 17.1 Å². The predicted octanol–water partition coefficient (Wildman–Crippen LogP) is 3.62. The van der Waals surface area contributed by atoms with Crippen molar-refractivity contribution in [2.24, 2.45) is 0 Å². The number of nitrogens with one attached hydrogen (secondary N) is 2. The lowest BCUT2D eigenvalue weighted by Gasteiger charge is -2.33. The monoisotopic (exact) mass is 437 g/mol. The third-order valence-corrected chi connectivity index (χ3v) is 5.45. The Morgan fingerprint density at radius 1 is 1.16 bits per heavy atom. The number of benzene rings is 2. The van der Waals surface area contributed by atoms with Crippen LogP contribution in [0.5, 0.6) is 5.75 Å². The van der Waals surface area contributed by atoms with Crippen LogP contribution in [0.15, 0.2) is 65.2 Å². The number of aliphatic hydroxyl groups excluding tert-OH is 1. The summed E-state index contributed by atoms with van der Waals surface area (Å²) in [5.74, 6) is 1.45. The van der Waals surface area contributed by atoms with Gasteiger partial charge in [0.05, 0.1) is 25.0 Å². The van der Waals surface area contributed by atoms with E-state index in [4.69, 9.17) is 14.0 Å². The number of nitrogens with zero attached hydrogens (tertiary/aromatic N) is 1. The van der Waals surface area contributed by atoms with Gasteiger partial charge in [-0.2, -0.15) is 0 Å². The first-order chi connectivity index (χ1) is 15.6. The van der Waals surface area contributed by atoms with E-state index in [0.29, 0.717) is 30.7 Å². The quantitative estimate of drug-likeness (QED) is 0.521. The van der Waals surface area contributed by atoms with Gasteiger partial charge in [0.25, 0.3) is 0 Å². The number of amides is 2. The zero-order valence-corrected chi connectivity index (χ0v) is 17.9. The van der Waals surface area contributed by atoms with Crippen molar-refractivity contribution in [2.75, 3.05) is 19.0 Å². The molecule has 3 unspecified atom stereocenters. The summed E-state index contributed by atoms with van der Waals surface area (Å²) in [5.41, 5.74) is 2.40. The number of urea groups is 1. The second kappa shape index (κ2) is 10.3. The largest absolute Gasteiger partial charge is 0.497 e. The van der Waals surface area contributed by atoms with Crippen molar-refractivity contribution in [1.29, 1.82) is 0 Å². The molecule has 3 atom stereocenters. The lowest BCUT2D eigenvalue weighted by molar-refractivity contribution is -0.113. The second-order valence-corrected chi connectivity index (χ2v) is 7.76. The molecule has 0 spiro atoms. The van der Waals surface area contributed by atoms with Gasteiger partial charge in [0, 0.05) is 30.3 Å². The van der Waals surface area contributed by atoms with E-state index in [1.807, 2.05) is 48.5 Å². The minimum Gasteiger partial charge on any atom is -0.497 e. The van der Waals surface area contributed by atoms with E-state index in [1.54, 1.807) is 19.2 Å². The molecule has 1 saturated heterocycles. The van der Waals surface area contributed by atoms with Gasteiger partial charge in [-0.15, -0.1) is 0 Å². The van der Waals surface area contributed by atoms with Crippen LogP contribution in [0, 0.1) is 0 Å². The number of aliphatic hydroxyl groups is 1. The molecule has 1 aromatic heterocycles. The minimum atomic E-state index is -0.629. The van der Waals surface area contributed by atoms with Gasteiger partial charge in [-0.25, -0.2) is 4.79 Å². The summed E-state index contributed by atoms with van der Waals surface area (Å²) in [6.07, 6.45) is 0.646. The molecule has 3 N–H and O–H groups in total. The van der Waals surface area contributed by atoms with Gasteiger partial charge < -0.3 is 29.7 Å². The zero-order chi connectivity index (χ0) is 22.3. The Hall–Kier alpha value is -3.36. The van der Waals surface area contributed by atoms with E-state index in [9.17, 15) is 9.90 Å². The van der Waals surface area contributed by atoms with E-state index < -0.39 is 12.2 Å². The number of methoxy groups -OCH3 is 1. The Labute approximate surface area is 186 Å². The summed E-state index contributed by atoms with van der Waals surface area (Å²) < 4.78 is 16.7. The minimum absolute atomic E-state index is 0.115. The Morgan fingerprint density at radius 2 is 1.94 bits per heavy atom. The molecule has 4 rings (SSSR count). The number of ether oxygens (including phenoxy) is 2. The zero-order valence-electron chi connectivity index (χ0n) is 17.9. The Bertz CT molecular complexity index is 1010. The van der Waals surface area contributed by atoms with Gasteiger partial charge in [-0.1, -0.05) is 23.4 Å². The fraction of sp³-hybridized carbons (Fsp3) is 0.333. The van der Waals surface area contributed by atoms with Crippen LogP contribution in [0.1, 0.15) is 18.5 Å². The molecular formula is C24H27N3O5. The lowest BCUT2D eigenvalue weighted by Crippen LogP contribution is -2.47. The molecule has 168 valence electrons. The predicted molar refractivity (Wildman–Crippen MR) is 120 cm³/mol. The molecule has 2 aromatic carbocycles. The third kappa shape index (κ3) is 5.66. The maximum atomic E-state index is 12.1. The fourth-order valence-electron chi connectivity index (χ4n) is 3.71. The second-order valence-electron chi connectivity index (χ2n) is 7.76. The van der Waals surface area contributed by atoms with Gasteiger partial charge in [0.15, 0.2) is 5.76 Å². The third-order valence-electron chi connectivity index (χ3n) is 5.45. The first-order valence-corrected chi connectivity index (χ1v) is 10.6. The molecule has 1 aliphatic heterocycles. The number of aromatic nitrogens is 1. The van der Waals surface area contributed by atoms with Crippen LogP contribution >= 0.6 is 0 Å². The number of hydrogen-bond donors (Lipinski definition) is 3. The van der Waals surface area contributed by atoms with Crippen LogP contribution in [0.4, 0.5) is 10.5 Å². The fourth-order valence-corrected chi connectivity index (χ4v) is 3.71. The Kier molecular flexibility index (Phi) is 7.03. The maximum absolute atomic E-state index is 12.1. The highest BCUT2D eigenvalue weighted by molar-refractivity contribution is 5.89. The molecule has 1 aliphatic rings. The number of hydrogen-bond acceptors (Lipinski definition) is 6. The molecule has 2 heterocycles. The van der Waals surface area contributed by atoms with Crippen molar-refractivity contribution in [3.63, 3.8) is 0 Å². The highest BCUT2D eigenvalue weighted by Crippen LogP contribution is 2.26. The van der Waals surface area contributed by atoms with Crippen molar-refractivity contribution in [1.82, 2.24) is 10.5 Å². The molecule has 0 aliphatic carbocycles. The number of para-hydroxylation sites is 1. The van der Waals surface area contributed by atoms with Gasteiger partial charge in [-0.3, -0.25) is 0 Å². The van der Waals surface area contributed by atoms with Crippen LogP contribution in [0.25, 0.3) is 11.3 Å². The standard InChI is InChI=1S/C24H27N3O5/c1-30-19-9-7-16(8-10-19)22-14-18(27-32-22)13-20-11-12-21(28)23(31-20)15-25-24(29)26-17-5-3-2-4-6-17/h2-10,14,20-21,23,28H,11-13,15H2,1H3,(H2,25,26,29). The van der Waals surface area contributed by atoms with Crippen LogP contribution in [-0.4, -0.2) is 48.3 Å². The van der Waals surface area contributed by atoms with E-state index in [1.165, 1.54) is 0 Å². The van der Waals surface area contributed by atoms with Crippen molar-refractivity contribution < 1.29 is 23.9 Å². The number of carbonyl (C=O) groups is 1. The lowest BCUT2D eigenvalue weighted by atomic mass is 9.98. The van der Waals surface area contributed by atoms with Gasteiger partial charge in [0.1, 0.15) is 11.9 Å².